The summed E-state index contributed by atoms with van der Waals surface area (Å²) in [5.41, 5.74) is 2.80. The summed E-state index contributed by atoms with van der Waals surface area (Å²) in [5.74, 6) is -0.404. The third-order valence-corrected chi connectivity index (χ3v) is 8.95. The molecule has 0 saturated carbocycles. The highest BCUT2D eigenvalue weighted by molar-refractivity contribution is 7.88. The van der Waals surface area contributed by atoms with Gasteiger partial charge in [0.15, 0.2) is 0 Å². The second-order valence-electron chi connectivity index (χ2n) is 9.09. The molecule has 35 heavy (non-hydrogen) atoms. The normalized spacial score (nSPS) is 18.5. The highest BCUT2D eigenvalue weighted by atomic mass is 35.5. The average molecular weight is 541 g/mol. The highest BCUT2D eigenvalue weighted by Gasteiger charge is 2.31. The van der Waals surface area contributed by atoms with Crippen LogP contribution in [0.5, 0.6) is 0 Å². The number of nitrogens with zero attached hydrogens (tertiary/aromatic N) is 2. The Labute approximate surface area is 217 Å². The number of carbonyl (C=O) groups excluding carboxylic acids is 1. The van der Waals surface area contributed by atoms with Gasteiger partial charge in [-0.2, -0.15) is 0 Å². The molecule has 0 bridgehead atoms. The predicted octanol–water partition coefficient (Wildman–Crippen LogP) is 3.68. The van der Waals surface area contributed by atoms with Crippen molar-refractivity contribution in [3.8, 4) is 0 Å². The average Bonchev–Trinajstić information content (AvgIpc) is 2.85. The van der Waals surface area contributed by atoms with Gasteiger partial charge < -0.3 is 10.1 Å². The largest absolute Gasteiger partial charge is 0.379 e. The second-order valence-corrected chi connectivity index (χ2v) is 11.9. The molecular formula is C25H31Cl2N3O4S. The molecule has 2 aliphatic rings. The van der Waals surface area contributed by atoms with E-state index in [1.54, 1.807) is 18.2 Å². The van der Waals surface area contributed by atoms with Gasteiger partial charge in [-0.15, -0.1) is 0 Å². The van der Waals surface area contributed by atoms with Gasteiger partial charge in [-0.25, -0.2) is 12.7 Å². The summed E-state index contributed by atoms with van der Waals surface area (Å²) in [5, 5.41) is 3.84. The molecule has 7 nitrogen and oxygen atoms in total. The van der Waals surface area contributed by atoms with E-state index in [9.17, 15) is 13.2 Å². The van der Waals surface area contributed by atoms with Crippen LogP contribution in [0.2, 0.25) is 10.0 Å². The maximum Gasteiger partial charge on any atom is 0.223 e. The Kier molecular flexibility index (Phi) is 9.07. The molecule has 1 N–H and O–H groups in total. The fourth-order valence-corrected chi connectivity index (χ4v) is 6.66. The summed E-state index contributed by atoms with van der Waals surface area (Å²) in [6.07, 6.45) is 0.993. The summed E-state index contributed by atoms with van der Waals surface area (Å²) >= 11 is 12.1. The number of piperidine rings is 1. The number of benzene rings is 2. The van der Waals surface area contributed by atoms with Gasteiger partial charge in [0.05, 0.1) is 19.0 Å². The van der Waals surface area contributed by atoms with Crippen molar-refractivity contribution in [1.82, 2.24) is 14.5 Å². The molecule has 0 spiro atoms. The van der Waals surface area contributed by atoms with Crippen LogP contribution in [0.25, 0.3) is 0 Å². The number of rotatable bonds is 8. The monoisotopic (exact) mass is 539 g/mol. The lowest BCUT2D eigenvalue weighted by Crippen LogP contribution is -2.43. The van der Waals surface area contributed by atoms with Crippen LogP contribution in [0.1, 0.15) is 29.5 Å². The van der Waals surface area contributed by atoms with Crippen molar-refractivity contribution in [2.45, 2.75) is 31.7 Å². The highest BCUT2D eigenvalue weighted by Crippen LogP contribution is 2.26. The minimum Gasteiger partial charge on any atom is -0.379 e. The first-order valence-electron chi connectivity index (χ1n) is 11.9. The molecule has 0 radical (unpaired) electrons. The SMILES string of the molecule is O=C(NCc1cccc(CN2CCOCC2)c1)C1CCN(S(=O)(=O)Cc2ccc(Cl)cc2Cl)CC1. The van der Waals surface area contributed by atoms with Crippen LogP contribution in [-0.4, -0.2) is 62.9 Å². The first-order chi connectivity index (χ1) is 16.8. The van der Waals surface area contributed by atoms with E-state index >= 15 is 0 Å². The lowest BCUT2D eigenvalue weighted by Gasteiger charge is -2.30. The van der Waals surface area contributed by atoms with Gasteiger partial charge in [-0.05, 0) is 41.7 Å². The van der Waals surface area contributed by atoms with E-state index in [2.05, 4.69) is 22.3 Å². The summed E-state index contributed by atoms with van der Waals surface area (Å²) < 4.78 is 32.6. The van der Waals surface area contributed by atoms with Gasteiger partial charge in [-0.3, -0.25) is 9.69 Å². The van der Waals surface area contributed by atoms with Crippen molar-refractivity contribution < 1.29 is 17.9 Å². The van der Waals surface area contributed by atoms with Crippen LogP contribution < -0.4 is 5.32 Å². The molecule has 0 unspecified atom stereocenters. The Bertz CT molecular complexity index is 1130. The van der Waals surface area contributed by atoms with Gasteiger partial charge in [0.2, 0.25) is 15.9 Å². The third-order valence-electron chi connectivity index (χ3n) is 6.54. The molecule has 2 saturated heterocycles. The zero-order valence-corrected chi connectivity index (χ0v) is 21.9. The van der Waals surface area contributed by atoms with Crippen molar-refractivity contribution in [3.05, 3.63) is 69.2 Å². The fourth-order valence-electron chi connectivity index (χ4n) is 4.51. The molecule has 0 aliphatic carbocycles. The predicted molar refractivity (Wildman–Crippen MR) is 138 cm³/mol. The molecule has 2 heterocycles. The topological polar surface area (TPSA) is 79.0 Å². The van der Waals surface area contributed by atoms with Crippen molar-refractivity contribution in [2.75, 3.05) is 39.4 Å². The van der Waals surface area contributed by atoms with E-state index in [-0.39, 0.29) is 17.6 Å². The van der Waals surface area contributed by atoms with Crippen molar-refractivity contribution in [1.29, 1.82) is 0 Å². The molecule has 2 fully saturated rings. The minimum absolute atomic E-state index is 0.0265. The summed E-state index contributed by atoms with van der Waals surface area (Å²) in [4.78, 5) is 15.1. The Morgan fingerprint density at radius 2 is 1.71 bits per heavy atom. The Morgan fingerprint density at radius 1 is 1.00 bits per heavy atom. The number of hydrogen-bond donors (Lipinski definition) is 1. The van der Waals surface area contributed by atoms with Crippen LogP contribution in [0.4, 0.5) is 0 Å². The quantitative estimate of drug-likeness (QED) is 0.553. The van der Waals surface area contributed by atoms with Gasteiger partial charge in [0.1, 0.15) is 0 Å². The Morgan fingerprint density at radius 3 is 2.43 bits per heavy atom. The standard InChI is InChI=1S/C25H31Cl2N3O4S/c26-23-5-4-22(24(27)15-23)18-35(32,33)30-8-6-21(7-9-30)25(31)28-16-19-2-1-3-20(14-19)17-29-10-12-34-13-11-29/h1-5,14-15,21H,6-13,16-18H2,(H,28,31). The Balaban J connectivity index is 1.25. The first kappa shape index (κ1) is 26.4. The number of morpholine rings is 1. The maximum atomic E-state index is 12.9. The number of nitrogens with one attached hydrogen (secondary N) is 1. The first-order valence-corrected chi connectivity index (χ1v) is 14.2. The van der Waals surface area contributed by atoms with E-state index in [0.29, 0.717) is 48.1 Å². The lowest BCUT2D eigenvalue weighted by atomic mass is 9.97. The lowest BCUT2D eigenvalue weighted by molar-refractivity contribution is -0.126. The molecule has 1 amide bonds. The summed E-state index contributed by atoms with van der Waals surface area (Å²) in [7, 11) is -3.53. The van der Waals surface area contributed by atoms with Gasteiger partial charge >= 0.3 is 0 Å². The van der Waals surface area contributed by atoms with E-state index in [4.69, 9.17) is 27.9 Å². The van der Waals surface area contributed by atoms with Crippen molar-refractivity contribution >= 4 is 39.1 Å². The molecule has 0 atom stereocenters. The zero-order chi connectivity index (χ0) is 24.8. The number of carbonyl (C=O) groups is 1. The van der Waals surface area contributed by atoms with Crippen LogP contribution in [-0.2, 0) is 38.4 Å². The van der Waals surface area contributed by atoms with Crippen LogP contribution in [0.3, 0.4) is 0 Å². The molecule has 2 aromatic carbocycles. The minimum atomic E-state index is -3.53. The van der Waals surface area contributed by atoms with E-state index < -0.39 is 10.0 Å². The zero-order valence-electron chi connectivity index (χ0n) is 19.6. The molecule has 2 aromatic rings. The molecular weight excluding hydrogens is 509 g/mol. The van der Waals surface area contributed by atoms with E-state index in [1.165, 1.54) is 9.87 Å². The summed E-state index contributed by atoms with van der Waals surface area (Å²) in [6.45, 7) is 5.38. The van der Waals surface area contributed by atoms with Crippen molar-refractivity contribution in [2.24, 2.45) is 5.92 Å². The fraction of sp³-hybridized carbons (Fsp3) is 0.480. The molecule has 4 rings (SSSR count). The van der Waals surface area contributed by atoms with Crippen LogP contribution >= 0.6 is 23.2 Å². The molecule has 2 aliphatic heterocycles. The number of hydrogen-bond acceptors (Lipinski definition) is 5. The second kappa shape index (κ2) is 12.0. The van der Waals surface area contributed by atoms with E-state index in [0.717, 1.165) is 38.4 Å². The van der Waals surface area contributed by atoms with Crippen molar-refractivity contribution in [3.63, 3.8) is 0 Å². The number of amides is 1. The van der Waals surface area contributed by atoms with E-state index in [1.807, 2.05) is 12.1 Å². The molecule has 10 heteroatoms. The van der Waals surface area contributed by atoms with Gasteiger partial charge in [0.25, 0.3) is 0 Å². The van der Waals surface area contributed by atoms with Crippen LogP contribution in [0, 0.1) is 5.92 Å². The molecule has 0 aromatic heterocycles. The Hall–Kier alpha value is -1.68. The number of ether oxygens (including phenoxy) is 1. The number of halogens is 2. The number of sulfonamides is 1. The summed E-state index contributed by atoms with van der Waals surface area (Å²) in [6, 6.07) is 13.1. The molecule has 190 valence electrons. The van der Waals surface area contributed by atoms with Crippen LogP contribution in [0.15, 0.2) is 42.5 Å². The van der Waals surface area contributed by atoms with Gasteiger partial charge in [0, 0.05) is 55.2 Å². The van der Waals surface area contributed by atoms with Gasteiger partial charge in [-0.1, -0.05) is 53.5 Å². The maximum absolute atomic E-state index is 12.9. The third kappa shape index (κ3) is 7.41. The smallest absolute Gasteiger partial charge is 0.223 e.